The van der Waals surface area contributed by atoms with Crippen molar-refractivity contribution in [1.82, 2.24) is 5.32 Å². The van der Waals surface area contributed by atoms with Gasteiger partial charge in [0.1, 0.15) is 6.04 Å². The van der Waals surface area contributed by atoms with Gasteiger partial charge >= 0.3 is 5.97 Å². The van der Waals surface area contributed by atoms with Crippen molar-refractivity contribution in [3.63, 3.8) is 0 Å². The maximum atomic E-state index is 10.3. The SMILES string of the molecule is CO[C@@H]1CN[C@@H](C(=O)O)C1. The Hall–Kier alpha value is -0.610. The van der Waals surface area contributed by atoms with Gasteiger partial charge in [-0.2, -0.15) is 0 Å². The zero-order chi connectivity index (χ0) is 7.56. The molecule has 0 saturated carbocycles. The van der Waals surface area contributed by atoms with Gasteiger partial charge in [0, 0.05) is 20.1 Å². The highest BCUT2D eigenvalue weighted by Gasteiger charge is 2.28. The van der Waals surface area contributed by atoms with E-state index in [1.807, 2.05) is 0 Å². The maximum Gasteiger partial charge on any atom is 0.320 e. The molecule has 58 valence electrons. The van der Waals surface area contributed by atoms with Gasteiger partial charge in [0.25, 0.3) is 0 Å². The number of carboxylic acids is 1. The average molecular weight is 145 g/mol. The second-order valence-electron chi connectivity index (χ2n) is 2.39. The molecule has 2 atom stereocenters. The molecular formula is C6H11NO3. The molecule has 4 heteroatoms. The smallest absolute Gasteiger partial charge is 0.320 e. The minimum Gasteiger partial charge on any atom is -0.480 e. The third-order valence-corrected chi connectivity index (χ3v) is 1.72. The summed E-state index contributed by atoms with van der Waals surface area (Å²) in [6.07, 6.45) is 0.646. The third kappa shape index (κ3) is 1.46. The molecule has 0 radical (unpaired) electrons. The van der Waals surface area contributed by atoms with Gasteiger partial charge in [0.15, 0.2) is 0 Å². The van der Waals surface area contributed by atoms with E-state index in [0.717, 1.165) is 0 Å². The summed E-state index contributed by atoms with van der Waals surface area (Å²) in [4.78, 5) is 10.3. The molecule has 0 aliphatic carbocycles. The molecule has 1 saturated heterocycles. The lowest BCUT2D eigenvalue weighted by atomic mass is 10.2. The molecule has 0 unspecified atom stereocenters. The van der Waals surface area contributed by atoms with Crippen molar-refractivity contribution in [2.45, 2.75) is 18.6 Å². The molecule has 0 amide bonds. The Bertz CT molecular complexity index is 137. The lowest BCUT2D eigenvalue weighted by Crippen LogP contribution is -2.29. The molecule has 0 aromatic heterocycles. The van der Waals surface area contributed by atoms with Crippen LogP contribution in [0.1, 0.15) is 6.42 Å². The molecule has 1 aliphatic heterocycles. The van der Waals surface area contributed by atoms with E-state index < -0.39 is 12.0 Å². The number of ether oxygens (including phenoxy) is 1. The molecule has 1 heterocycles. The quantitative estimate of drug-likeness (QED) is 0.547. The molecule has 10 heavy (non-hydrogen) atoms. The molecule has 4 nitrogen and oxygen atoms in total. The Morgan fingerprint density at radius 1 is 1.80 bits per heavy atom. The number of methoxy groups -OCH3 is 1. The first-order valence-corrected chi connectivity index (χ1v) is 3.23. The van der Waals surface area contributed by atoms with E-state index in [1.54, 1.807) is 7.11 Å². The summed E-state index contributed by atoms with van der Waals surface area (Å²) in [6, 6.07) is -0.412. The first-order valence-electron chi connectivity index (χ1n) is 3.23. The van der Waals surface area contributed by atoms with Gasteiger partial charge in [-0.1, -0.05) is 0 Å². The lowest BCUT2D eigenvalue weighted by molar-refractivity contribution is -0.139. The van der Waals surface area contributed by atoms with E-state index in [-0.39, 0.29) is 6.10 Å². The van der Waals surface area contributed by atoms with E-state index in [9.17, 15) is 4.79 Å². The van der Waals surface area contributed by atoms with Gasteiger partial charge in [-0.15, -0.1) is 0 Å². The highest BCUT2D eigenvalue weighted by Crippen LogP contribution is 2.08. The number of aliphatic carboxylic acids is 1. The second-order valence-corrected chi connectivity index (χ2v) is 2.39. The van der Waals surface area contributed by atoms with Gasteiger partial charge in [0.05, 0.1) is 6.10 Å². The minimum atomic E-state index is -0.792. The molecule has 0 aromatic rings. The van der Waals surface area contributed by atoms with Gasteiger partial charge in [0.2, 0.25) is 0 Å². The predicted molar refractivity (Wildman–Crippen MR) is 34.8 cm³/mol. The number of nitrogens with one attached hydrogen (secondary N) is 1. The van der Waals surface area contributed by atoms with Gasteiger partial charge in [-0.3, -0.25) is 4.79 Å². The molecule has 1 fully saturated rings. The second kappa shape index (κ2) is 2.98. The van der Waals surface area contributed by atoms with Crippen molar-refractivity contribution in [3.05, 3.63) is 0 Å². The van der Waals surface area contributed by atoms with Crippen molar-refractivity contribution in [2.24, 2.45) is 0 Å². The topological polar surface area (TPSA) is 58.6 Å². The summed E-state index contributed by atoms with van der Waals surface area (Å²) in [5.74, 6) is -0.792. The van der Waals surface area contributed by atoms with Gasteiger partial charge in [-0.05, 0) is 0 Å². The van der Waals surface area contributed by atoms with E-state index in [1.165, 1.54) is 0 Å². The van der Waals surface area contributed by atoms with Crippen LogP contribution in [0.25, 0.3) is 0 Å². The summed E-state index contributed by atoms with van der Waals surface area (Å²) in [5, 5.41) is 11.3. The van der Waals surface area contributed by atoms with Crippen LogP contribution in [0.4, 0.5) is 0 Å². The molecule has 2 N–H and O–H groups in total. The monoisotopic (exact) mass is 145 g/mol. The first kappa shape index (κ1) is 7.50. The Kier molecular flexibility index (Phi) is 2.24. The highest BCUT2D eigenvalue weighted by atomic mass is 16.5. The van der Waals surface area contributed by atoms with E-state index in [4.69, 9.17) is 9.84 Å². The molecule has 1 aliphatic rings. The van der Waals surface area contributed by atoms with Crippen molar-refractivity contribution in [3.8, 4) is 0 Å². The summed E-state index contributed by atoms with van der Waals surface area (Å²) in [6.45, 7) is 0.646. The molecule has 1 rings (SSSR count). The Labute approximate surface area is 59.2 Å². The summed E-state index contributed by atoms with van der Waals surface area (Å²) < 4.78 is 4.97. The zero-order valence-corrected chi connectivity index (χ0v) is 5.83. The van der Waals surface area contributed by atoms with E-state index in [2.05, 4.69) is 5.32 Å². The summed E-state index contributed by atoms with van der Waals surface area (Å²) in [7, 11) is 1.59. The number of hydrogen-bond donors (Lipinski definition) is 2. The van der Waals surface area contributed by atoms with E-state index in [0.29, 0.717) is 13.0 Å². The highest BCUT2D eigenvalue weighted by molar-refractivity contribution is 5.73. The largest absolute Gasteiger partial charge is 0.480 e. The normalized spacial score (nSPS) is 32.5. The molecule has 0 aromatic carbocycles. The number of hydrogen-bond acceptors (Lipinski definition) is 3. The fraction of sp³-hybridized carbons (Fsp3) is 0.833. The third-order valence-electron chi connectivity index (χ3n) is 1.72. The van der Waals surface area contributed by atoms with Crippen LogP contribution < -0.4 is 5.32 Å². The van der Waals surface area contributed by atoms with Crippen LogP contribution >= 0.6 is 0 Å². The van der Waals surface area contributed by atoms with Crippen LogP contribution in [0.3, 0.4) is 0 Å². The van der Waals surface area contributed by atoms with Crippen LogP contribution in [0, 0.1) is 0 Å². The van der Waals surface area contributed by atoms with Crippen LogP contribution in [-0.4, -0.2) is 36.9 Å². The van der Waals surface area contributed by atoms with Crippen molar-refractivity contribution in [2.75, 3.05) is 13.7 Å². The number of rotatable bonds is 2. The van der Waals surface area contributed by atoms with Gasteiger partial charge in [-0.25, -0.2) is 0 Å². The average Bonchev–Trinajstić information content (AvgIpc) is 2.34. The predicted octanol–water partition coefficient (Wildman–Crippen LogP) is -0.552. The fourth-order valence-electron chi connectivity index (χ4n) is 1.07. The number of carboxylic acid groups (broad SMARTS) is 1. The fourth-order valence-corrected chi connectivity index (χ4v) is 1.07. The van der Waals surface area contributed by atoms with Crippen LogP contribution in [0.15, 0.2) is 0 Å². The van der Waals surface area contributed by atoms with Crippen LogP contribution in [0.5, 0.6) is 0 Å². The minimum absolute atomic E-state index is 0.0705. The zero-order valence-electron chi connectivity index (χ0n) is 5.83. The maximum absolute atomic E-state index is 10.3. The Morgan fingerprint density at radius 3 is 2.80 bits per heavy atom. The first-order chi connectivity index (χ1) is 4.74. The number of carbonyl (C=O) groups is 1. The van der Waals surface area contributed by atoms with E-state index >= 15 is 0 Å². The Balaban J connectivity index is 2.35. The molecular weight excluding hydrogens is 134 g/mol. The van der Waals surface area contributed by atoms with Gasteiger partial charge < -0.3 is 15.2 Å². The Morgan fingerprint density at radius 2 is 2.50 bits per heavy atom. The summed E-state index contributed by atoms with van der Waals surface area (Å²) >= 11 is 0. The van der Waals surface area contributed by atoms with Crippen LogP contribution in [-0.2, 0) is 9.53 Å². The molecule has 0 bridgehead atoms. The van der Waals surface area contributed by atoms with Crippen molar-refractivity contribution in [1.29, 1.82) is 0 Å². The van der Waals surface area contributed by atoms with Crippen molar-refractivity contribution < 1.29 is 14.6 Å². The summed E-state index contributed by atoms with van der Waals surface area (Å²) in [5.41, 5.74) is 0. The van der Waals surface area contributed by atoms with Crippen LogP contribution in [0.2, 0.25) is 0 Å². The lowest BCUT2D eigenvalue weighted by Gasteiger charge is -2.03. The molecule has 0 spiro atoms. The standard InChI is InChI=1S/C6H11NO3/c1-10-4-2-5(6(8)9)7-3-4/h4-5,7H,2-3H2,1H3,(H,8,9)/t4-,5+/m0/s1. The van der Waals surface area contributed by atoms with Crippen molar-refractivity contribution >= 4 is 5.97 Å².